The van der Waals surface area contributed by atoms with Crippen molar-refractivity contribution in [3.63, 3.8) is 0 Å². The average Bonchev–Trinajstić information content (AvgIpc) is 3.32. The Morgan fingerprint density at radius 1 is 1.11 bits per heavy atom. The molecule has 2 fully saturated rings. The Morgan fingerprint density at radius 3 is 2.31 bits per heavy atom. The maximum atomic E-state index is 13.8. The lowest BCUT2D eigenvalue weighted by atomic mass is 9.83. The quantitative estimate of drug-likeness (QED) is 0.565. The third-order valence-corrected chi connectivity index (χ3v) is 8.75. The smallest absolute Gasteiger partial charge is 0.325 e. The number of carbonyl (C=O) groups excluding carboxylic acids is 3. The summed E-state index contributed by atoms with van der Waals surface area (Å²) in [6.45, 7) is 3.34. The Labute approximate surface area is 206 Å². The molecule has 0 aliphatic carbocycles. The van der Waals surface area contributed by atoms with Crippen LogP contribution < -0.4 is 5.32 Å². The van der Waals surface area contributed by atoms with Gasteiger partial charge in [-0.15, -0.1) is 0 Å². The van der Waals surface area contributed by atoms with Crippen LogP contribution >= 0.6 is 0 Å². The van der Waals surface area contributed by atoms with Gasteiger partial charge in [-0.3, -0.25) is 14.5 Å². The maximum absolute atomic E-state index is 13.8. The van der Waals surface area contributed by atoms with Gasteiger partial charge in [-0.25, -0.2) is 13.2 Å². The average molecular weight is 498 g/mol. The number of hydrogen-bond acceptors (Lipinski definition) is 5. The van der Waals surface area contributed by atoms with Gasteiger partial charge >= 0.3 is 6.03 Å². The summed E-state index contributed by atoms with van der Waals surface area (Å²) in [5.74, 6) is -0.969. The van der Waals surface area contributed by atoms with Crippen molar-refractivity contribution in [1.82, 2.24) is 15.1 Å². The molecular formula is C26H31N3O5S. The molecule has 4 rings (SSSR count). The van der Waals surface area contributed by atoms with E-state index in [0.717, 1.165) is 10.5 Å². The van der Waals surface area contributed by atoms with Crippen molar-refractivity contribution in [2.45, 2.75) is 50.7 Å². The normalized spacial score (nSPS) is 24.3. The van der Waals surface area contributed by atoms with Crippen molar-refractivity contribution in [1.29, 1.82) is 0 Å². The van der Waals surface area contributed by atoms with Crippen molar-refractivity contribution < 1.29 is 22.8 Å². The molecule has 3 atom stereocenters. The third kappa shape index (κ3) is 4.96. The molecule has 1 N–H and O–H groups in total. The minimum atomic E-state index is -3.21. The number of benzene rings is 2. The number of carbonyl (C=O) groups is 3. The summed E-state index contributed by atoms with van der Waals surface area (Å²) in [6, 6.07) is 17.1. The molecule has 186 valence electrons. The first-order valence-corrected chi connectivity index (χ1v) is 13.7. The second kappa shape index (κ2) is 9.81. The van der Waals surface area contributed by atoms with Crippen LogP contribution in [-0.4, -0.2) is 66.2 Å². The first kappa shape index (κ1) is 24.9. The van der Waals surface area contributed by atoms with Crippen LogP contribution in [-0.2, 0) is 31.4 Å². The molecule has 2 aliphatic heterocycles. The largest absolute Gasteiger partial charge is 0.334 e. The number of imide groups is 1. The highest BCUT2D eigenvalue weighted by atomic mass is 32.2. The summed E-state index contributed by atoms with van der Waals surface area (Å²) >= 11 is 0. The van der Waals surface area contributed by atoms with Gasteiger partial charge in [0.1, 0.15) is 6.54 Å². The van der Waals surface area contributed by atoms with Crippen LogP contribution in [0.2, 0.25) is 0 Å². The Hall–Kier alpha value is -3.20. The van der Waals surface area contributed by atoms with Gasteiger partial charge in [-0.1, -0.05) is 67.6 Å². The van der Waals surface area contributed by atoms with Gasteiger partial charge < -0.3 is 10.2 Å². The summed E-state index contributed by atoms with van der Waals surface area (Å²) in [7, 11) is -3.21. The van der Waals surface area contributed by atoms with Crippen LogP contribution in [0.25, 0.3) is 0 Å². The molecule has 0 unspecified atom stereocenters. The summed E-state index contributed by atoms with van der Waals surface area (Å²) in [6.07, 6.45) is 1.23. The number of sulfone groups is 1. The lowest BCUT2D eigenvalue weighted by Gasteiger charge is -2.34. The van der Waals surface area contributed by atoms with E-state index in [9.17, 15) is 22.8 Å². The topological polar surface area (TPSA) is 104 Å². The first-order valence-electron chi connectivity index (χ1n) is 11.9. The molecule has 2 aromatic carbocycles. The molecule has 2 aromatic rings. The van der Waals surface area contributed by atoms with Crippen molar-refractivity contribution in [2.24, 2.45) is 0 Å². The minimum absolute atomic E-state index is 0.0369. The monoisotopic (exact) mass is 497 g/mol. The highest BCUT2D eigenvalue weighted by Crippen LogP contribution is 2.33. The first-order chi connectivity index (χ1) is 16.7. The van der Waals surface area contributed by atoms with E-state index in [0.29, 0.717) is 18.4 Å². The number of rotatable bonds is 8. The molecular weight excluding hydrogens is 466 g/mol. The van der Waals surface area contributed by atoms with Crippen molar-refractivity contribution >= 4 is 27.7 Å². The number of urea groups is 1. The molecule has 2 heterocycles. The lowest BCUT2D eigenvalue weighted by Crippen LogP contribution is -2.52. The fraction of sp³-hybridized carbons (Fsp3) is 0.423. The SMILES string of the molecule is CC[C@H](C)N(C(=O)CN1C(=O)N[C@@](Cc2ccccc2)(c2ccccc2)C1=O)[C@H]1CCS(=O)(=O)C1. The van der Waals surface area contributed by atoms with E-state index in [1.807, 2.05) is 50.2 Å². The van der Waals surface area contributed by atoms with Gasteiger partial charge in [0.15, 0.2) is 15.4 Å². The van der Waals surface area contributed by atoms with Crippen LogP contribution in [0.4, 0.5) is 4.79 Å². The van der Waals surface area contributed by atoms with Gasteiger partial charge in [-0.2, -0.15) is 0 Å². The molecule has 8 nitrogen and oxygen atoms in total. The summed E-state index contributed by atoms with van der Waals surface area (Å²) in [4.78, 5) is 42.9. The van der Waals surface area contributed by atoms with Gasteiger partial charge in [0.2, 0.25) is 5.91 Å². The third-order valence-electron chi connectivity index (χ3n) is 7.00. The molecule has 2 saturated heterocycles. The Morgan fingerprint density at radius 2 is 1.74 bits per heavy atom. The number of nitrogens with one attached hydrogen (secondary N) is 1. The van der Waals surface area contributed by atoms with Crippen molar-refractivity contribution in [2.75, 3.05) is 18.1 Å². The van der Waals surface area contributed by atoms with Gasteiger partial charge in [-0.05, 0) is 30.9 Å². The van der Waals surface area contributed by atoms with Crippen molar-refractivity contribution in [3.05, 3.63) is 71.8 Å². The Bertz CT molecular complexity index is 1200. The minimum Gasteiger partial charge on any atom is -0.334 e. The number of hydrogen-bond donors (Lipinski definition) is 1. The van der Waals surface area contributed by atoms with E-state index in [2.05, 4.69) is 5.32 Å². The van der Waals surface area contributed by atoms with Gasteiger partial charge in [0, 0.05) is 18.5 Å². The predicted octanol–water partition coefficient (Wildman–Crippen LogP) is 2.49. The summed E-state index contributed by atoms with van der Waals surface area (Å²) < 4.78 is 24.2. The highest BCUT2D eigenvalue weighted by molar-refractivity contribution is 7.91. The van der Waals surface area contributed by atoms with E-state index in [-0.39, 0.29) is 24.0 Å². The second-order valence-electron chi connectivity index (χ2n) is 9.37. The van der Waals surface area contributed by atoms with E-state index in [1.54, 1.807) is 29.2 Å². The zero-order chi connectivity index (χ0) is 25.2. The van der Waals surface area contributed by atoms with Crippen molar-refractivity contribution in [3.8, 4) is 0 Å². The molecule has 0 aromatic heterocycles. The summed E-state index contributed by atoms with van der Waals surface area (Å²) in [5, 5.41) is 2.87. The highest BCUT2D eigenvalue weighted by Gasteiger charge is 2.53. The second-order valence-corrected chi connectivity index (χ2v) is 11.6. The molecule has 35 heavy (non-hydrogen) atoms. The standard InChI is InChI=1S/C26H31N3O5S/c1-3-19(2)29(22-14-15-35(33,34)18-22)23(30)17-28-24(31)26(27-25(28)32,21-12-8-5-9-13-21)16-20-10-6-4-7-11-20/h4-13,19,22H,3,14-18H2,1-2H3,(H,27,32)/t19-,22-,26-/m0/s1. The van der Waals surface area contributed by atoms with Crippen LogP contribution in [0.15, 0.2) is 60.7 Å². The molecule has 0 radical (unpaired) electrons. The van der Waals surface area contributed by atoms with Crippen LogP contribution in [0.1, 0.15) is 37.8 Å². The van der Waals surface area contributed by atoms with E-state index in [4.69, 9.17) is 0 Å². The lowest BCUT2D eigenvalue weighted by molar-refractivity contribution is -0.141. The molecule has 2 aliphatic rings. The zero-order valence-corrected chi connectivity index (χ0v) is 20.8. The molecule has 0 saturated carbocycles. The van der Waals surface area contributed by atoms with Gasteiger partial charge in [0.25, 0.3) is 5.91 Å². The van der Waals surface area contributed by atoms with E-state index >= 15 is 0 Å². The fourth-order valence-corrected chi connectivity index (χ4v) is 6.74. The van der Waals surface area contributed by atoms with Gasteiger partial charge in [0.05, 0.1) is 11.5 Å². The fourth-order valence-electron chi connectivity index (χ4n) is 5.03. The van der Waals surface area contributed by atoms with Crippen LogP contribution in [0.5, 0.6) is 0 Å². The van der Waals surface area contributed by atoms with E-state index < -0.39 is 45.8 Å². The zero-order valence-electron chi connectivity index (χ0n) is 20.0. The summed E-state index contributed by atoms with van der Waals surface area (Å²) in [5.41, 5.74) is 0.172. The number of amides is 4. The maximum Gasteiger partial charge on any atom is 0.325 e. The molecule has 0 bridgehead atoms. The number of nitrogens with zero attached hydrogens (tertiary/aromatic N) is 2. The Kier molecular flexibility index (Phi) is 6.98. The molecule has 4 amide bonds. The Balaban J connectivity index is 1.63. The van der Waals surface area contributed by atoms with E-state index in [1.165, 1.54) is 0 Å². The molecule has 0 spiro atoms. The predicted molar refractivity (Wildman–Crippen MR) is 132 cm³/mol. The molecule has 9 heteroatoms. The van der Waals surface area contributed by atoms with Crippen LogP contribution in [0.3, 0.4) is 0 Å². The van der Waals surface area contributed by atoms with Crippen LogP contribution in [0, 0.1) is 0 Å².